The van der Waals surface area contributed by atoms with E-state index in [0.717, 1.165) is 27.8 Å². The van der Waals surface area contributed by atoms with Gasteiger partial charge in [0.15, 0.2) is 0 Å². The van der Waals surface area contributed by atoms with E-state index < -0.39 is 42.0 Å². The van der Waals surface area contributed by atoms with Crippen molar-refractivity contribution in [3.05, 3.63) is 118 Å². The van der Waals surface area contributed by atoms with Crippen LogP contribution in [0.3, 0.4) is 0 Å². The highest BCUT2D eigenvalue weighted by Gasteiger charge is 2.45. The molecule has 0 saturated heterocycles. The number of hydrogen-bond donors (Lipinski definition) is 2. The van der Waals surface area contributed by atoms with Crippen molar-refractivity contribution in [3.63, 3.8) is 0 Å². The monoisotopic (exact) mass is 719 g/mol. The summed E-state index contributed by atoms with van der Waals surface area (Å²) < 4.78 is 101. The minimum absolute atomic E-state index is 0.0131. The third-order valence-electron chi connectivity index (χ3n) is 5.96. The van der Waals surface area contributed by atoms with Crippen molar-refractivity contribution in [3.8, 4) is 11.5 Å². The molecule has 43 heavy (non-hydrogen) atoms. The van der Waals surface area contributed by atoms with Crippen LogP contribution in [-0.4, -0.2) is 29.9 Å². The van der Waals surface area contributed by atoms with Gasteiger partial charge in [0.25, 0.3) is 0 Å². The molecule has 226 valence electrons. The first-order chi connectivity index (χ1) is 20.3. The Bertz CT molecular complexity index is 1540. The fraction of sp³-hybridized carbons (Fsp3) is 0.172. The van der Waals surface area contributed by atoms with Gasteiger partial charge in [0.1, 0.15) is 17.0 Å². The second-order valence-electron chi connectivity index (χ2n) is 9.08. The number of halogens is 8. The molecule has 0 fully saturated rings. The minimum Gasteiger partial charge on any atom is -0.428 e. The van der Waals surface area contributed by atoms with Crippen LogP contribution < -0.4 is 20.1 Å². The number of nitrogens with one attached hydrogen (secondary N) is 2. The molecule has 1 atom stereocenters. The fourth-order valence-electron chi connectivity index (χ4n) is 4.21. The predicted octanol–water partition coefficient (Wildman–Crippen LogP) is 8.13. The number of anilines is 1. The van der Waals surface area contributed by atoms with Gasteiger partial charge in [-0.05, 0) is 70.1 Å². The van der Waals surface area contributed by atoms with Crippen molar-refractivity contribution in [2.45, 2.75) is 30.9 Å². The van der Waals surface area contributed by atoms with Crippen molar-refractivity contribution >= 4 is 34.3 Å². The van der Waals surface area contributed by atoms with Gasteiger partial charge in [0.2, 0.25) is 0 Å². The zero-order chi connectivity index (χ0) is 31.3. The van der Waals surface area contributed by atoms with E-state index in [4.69, 9.17) is 0 Å². The number of aromatic nitrogens is 1. The van der Waals surface area contributed by atoms with E-state index in [9.17, 15) is 35.5 Å². The number of carbonyl (C=O) groups excluding carboxylic acids is 1. The molecule has 4 aromatic rings. The number of alkyl halides is 7. The normalized spacial score (nSPS) is 13.2. The van der Waals surface area contributed by atoms with Gasteiger partial charge in [0, 0.05) is 27.9 Å². The van der Waals surface area contributed by atoms with Crippen LogP contribution in [0.4, 0.5) is 41.2 Å². The summed E-state index contributed by atoms with van der Waals surface area (Å²) in [5.41, 5.74) is -0.657. The maximum absolute atomic E-state index is 13.8. The number of rotatable bonds is 10. The molecule has 1 heterocycles. The van der Waals surface area contributed by atoms with Crippen molar-refractivity contribution in [2.24, 2.45) is 0 Å². The van der Waals surface area contributed by atoms with Crippen LogP contribution in [-0.2, 0) is 12.0 Å². The van der Waals surface area contributed by atoms with E-state index in [-0.39, 0.29) is 23.4 Å². The molecule has 4 rings (SSSR count). The topological polar surface area (TPSA) is 72.5 Å². The van der Waals surface area contributed by atoms with Gasteiger partial charge in [-0.3, -0.25) is 4.98 Å². The molecule has 0 unspecified atom stereocenters. The largest absolute Gasteiger partial charge is 0.573 e. The molecular weight excluding hydrogens is 698 g/mol. The third kappa shape index (κ3) is 8.49. The van der Waals surface area contributed by atoms with E-state index in [1.807, 2.05) is 22.6 Å². The zero-order valence-electron chi connectivity index (χ0n) is 21.7. The maximum atomic E-state index is 13.8. The first kappa shape index (κ1) is 31.8. The van der Waals surface area contributed by atoms with Crippen LogP contribution in [0.2, 0.25) is 0 Å². The lowest BCUT2D eigenvalue weighted by molar-refractivity contribution is -0.274. The molecule has 2 N–H and O–H groups in total. The van der Waals surface area contributed by atoms with Crippen molar-refractivity contribution in [1.82, 2.24) is 10.3 Å². The molecular formula is C29H21F7IN3O3. The van der Waals surface area contributed by atoms with E-state index in [2.05, 4.69) is 25.1 Å². The van der Waals surface area contributed by atoms with Crippen molar-refractivity contribution in [1.29, 1.82) is 0 Å². The Balaban J connectivity index is 1.80. The minimum atomic E-state index is -4.96. The summed E-state index contributed by atoms with van der Waals surface area (Å²) in [5, 5.41) is 5.24. The highest BCUT2D eigenvalue weighted by atomic mass is 127. The molecule has 0 aliphatic heterocycles. The average molecular weight is 719 g/mol. The standard InChI is InChI=1S/C29H21F7IN3O3/c30-25(31)28(32,33)42-22-10-4-8-19(14-22)27(16-18-6-2-1-3-7-18,24-13-12-20(37)17-38-24)40-26(41)39-21-9-5-11-23(15-21)43-29(34,35)36/h1-15,17,25H,16H2,(H2,39,40,41)/t27-/m0/s1. The highest BCUT2D eigenvalue weighted by molar-refractivity contribution is 14.1. The second kappa shape index (κ2) is 13.1. The Hall–Kier alpha value is -4.08. The van der Waals surface area contributed by atoms with Crippen LogP contribution >= 0.6 is 22.6 Å². The molecule has 2 amide bonds. The van der Waals surface area contributed by atoms with E-state index in [0.29, 0.717) is 5.56 Å². The van der Waals surface area contributed by atoms with Gasteiger partial charge >= 0.3 is 24.9 Å². The van der Waals surface area contributed by atoms with E-state index in [1.165, 1.54) is 30.5 Å². The maximum Gasteiger partial charge on any atom is 0.573 e. The smallest absolute Gasteiger partial charge is 0.428 e. The highest BCUT2D eigenvalue weighted by Crippen LogP contribution is 2.36. The number of amides is 2. The van der Waals surface area contributed by atoms with Gasteiger partial charge < -0.3 is 20.1 Å². The molecule has 0 radical (unpaired) electrons. The molecule has 0 aliphatic rings. The number of benzene rings is 3. The Morgan fingerprint density at radius 3 is 2.14 bits per heavy atom. The molecule has 0 aliphatic carbocycles. The molecule has 0 spiro atoms. The lowest BCUT2D eigenvalue weighted by Gasteiger charge is -2.35. The summed E-state index contributed by atoms with van der Waals surface area (Å²) in [4.78, 5) is 17.9. The summed E-state index contributed by atoms with van der Waals surface area (Å²) in [6.07, 6.45) is -12.4. The van der Waals surface area contributed by atoms with E-state index >= 15 is 0 Å². The van der Waals surface area contributed by atoms with Gasteiger partial charge in [-0.2, -0.15) is 17.6 Å². The summed E-state index contributed by atoms with van der Waals surface area (Å²) >= 11 is 2.01. The molecule has 1 aromatic heterocycles. The zero-order valence-corrected chi connectivity index (χ0v) is 23.9. The van der Waals surface area contributed by atoms with Crippen LogP contribution in [0, 0.1) is 3.57 Å². The molecule has 0 bridgehead atoms. The van der Waals surface area contributed by atoms with Crippen molar-refractivity contribution < 1.29 is 45.0 Å². The molecule has 6 nitrogen and oxygen atoms in total. The van der Waals surface area contributed by atoms with Gasteiger partial charge in [-0.1, -0.05) is 48.5 Å². The molecule has 3 aromatic carbocycles. The average Bonchev–Trinajstić information content (AvgIpc) is 2.92. The quantitative estimate of drug-likeness (QED) is 0.128. The number of urea groups is 1. The number of carbonyl (C=O) groups is 1. The first-order valence-corrected chi connectivity index (χ1v) is 13.4. The number of ether oxygens (including phenoxy) is 2. The first-order valence-electron chi connectivity index (χ1n) is 12.3. The number of nitrogens with zero attached hydrogens (tertiary/aromatic N) is 1. The molecule has 0 saturated carbocycles. The summed E-state index contributed by atoms with van der Waals surface area (Å²) in [6, 6.07) is 20.5. The van der Waals surface area contributed by atoms with Gasteiger partial charge in [0.05, 0.1) is 5.69 Å². The Kier molecular flexibility index (Phi) is 9.67. The van der Waals surface area contributed by atoms with Crippen LogP contribution in [0.15, 0.2) is 97.2 Å². The lowest BCUT2D eigenvalue weighted by atomic mass is 9.80. The predicted molar refractivity (Wildman–Crippen MR) is 151 cm³/mol. The SMILES string of the molecule is O=C(Nc1cccc(OC(F)(F)F)c1)N[C@@](Cc1ccccc1)(c1cccc(OC(F)(F)C(F)F)c1)c1ccc(I)cn1. The summed E-state index contributed by atoms with van der Waals surface area (Å²) in [6.45, 7) is 0. The Morgan fingerprint density at radius 1 is 0.837 bits per heavy atom. The van der Waals surface area contributed by atoms with Crippen molar-refractivity contribution in [2.75, 3.05) is 5.32 Å². The number of hydrogen-bond acceptors (Lipinski definition) is 4. The van der Waals surface area contributed by atoms with Crippen LogP contribution in [0.1, 0.15) is 16.8 Å². The van der Waals surface area contributed by atoms with Gasteiger partial charge in [-0.15, -0.1) is 13.2 Å². The summed E-state index contributed by atoms with van der Waals surface area (Å²) in [5.74, 6) is -1.19. The third-order valence-corrected chi connectivity index (χ3v) is 6.60. The molecule has 14 heteroatoms. The second-order valence-corrected chi connectivity index (χ2v) is 10.3. The lowest BCUT2D eigenvalue weighted by Crippen LogP contribution is -2.50. The van der Waals surface area contributed by atoms with Crippen LogP contribution in [0.5, 0.6) is 11.5 Å². The van der Waals surface area contributed by atoms with Crippen LogP contribution in [0.25, 0.3) is 0 Å². The fourth-order valence-corrected chi connectivity index (χ4v) is 4.52. The Labute approximate surface area is 254 Å². The van der Waals surface area contributed by atoms with Gasteiger partial charge in [-0.25, -0.2) is 4.79 Å². The summed E-state index contributed by atoms with van der Waals surface area (Å²) in [7, 11) is 0. The number of pyridine rings is 1. The van der Waals surface area contributed by atoms with E-state index in [1.54, 1.807) is 42.5 Å². The Morgan fingerprint density at radius 2 is 1.51 bits per heavy atom.